The molecule has 1 amide bonds. The molecule has 23 heavy (non-hydrogen) atoms. The van der Waals surface area contributed by atoms with Crippen molar-refractivity contribution in [2.75, 3.05) is 6.61 Å². The summed E-state index contributed by atoms with van der Waals surface area (Å²) >= 11 is 0. The van der Waals surface area contributed by atoms with Crippen LogP contribution in [0, 0.1) is 11.6 Å². The van der Waals surface area contributed by atoms with E-state index in [9.17, 15) is 18.7 Å². The second-order valence-electron chi connectivity index (χ2n) is 4.64. The number of phenols is 1. The third-order valence-corrected chi connectivity index (χ3v) is 2.86. The molecule has 120 valence electrons. The van der Waals surface area contributed by atoms with Crippen molar-refractivity contribution in [2.45, 2.75) is 6.92 Å². The van der Waals surface area contributed by atoms with Gasteiger partial charge in [0.2, 0.25) is 0 Å². The molecule has 0 aliphatic rings. The van der Waals surface area contributed by atoms with Crippen LogP contribution in [0.5, 0.6) is 11.5 Å². The molecule has 0 aliphatic carbocycles. The van der Waals surface area contributed by atoms with Crippen LogP contribution in [-0.2, 0) is 4.79 Å². The highest BCUT2D eigenvalue weighted by molar-refractivity contribution is 6.01. The molecule has 0 radical (unpaired) electrons. The summed E-state index contributed by atoms with van der Waals surface area (Å²) in [5.74, 6) is -1.53. The number of ether oxygens (including phenoxy) is 1. The molecular formula is C16H14F2N2O3. The fourth-order valence-electron chi connectivity index (χ4n) is 1.74. The van der Waals surface area contributed by atoms with Crippen LogP contribution >= 0.6 is 0 Å². The highest BCUT2D eigenvalue weighted by Crippen LogP contribution is 2.18. The lowest BCUT2D eigenvalue weighted by molar-refractivity contribution is -0.123. The maximum absolute atomic E-state index is 13.1. The van der Waals surface area contributed by atoms with Crippen molar-refractivity contribution in [3.63, 3.8) is 0 Å². The van der Waals surface area contributed by atoms with Crippen molar-refractivity contribution >= 4 is 11.6 Å². The Bertz CT molecular complexity index is 748. The van der Waals surface area contributed by atoms with Crippen LogP contribution in [0.25, 0.3) is 0 Å². The maximum Gasteiger partial charge on any atom is 0.277 e. The zero-order valence-electron chi connectivity index (χ0n) is 12.2. The summed E-state index contributed by atoms with van der Waals surface area (Å²) in [4.78, 5) is 11.6. The number of nitrogens with one attached hydrogen (secondary N) is 1. The van der Waals surface area contributed by atoms with Crippen molar-refractivity contribution in [2.24, 2.45) is 5.10 Å². The number of hydrogen-bond donors (Lipinski definition) is 2. The number of hydrazone groups is 1. The van der Waals surface area contributed by atoms with Gasteiger partial charge in [-0.15, -0.1) is 0 Å². The van der Waals surface area contributed by atoms with E-state index in [0.717, 1.165) is 18.2 Å². The summed E-state index contributed by atoms with van der Waals surface area (Å²) < 4.78 is 31.2. The zero-order valence-corrected chi connectivity index (χ0v) is 12.2. The summed E-state index contributed by atoms with van der Waals surface area (Å²) in [5.41, 5.74) is 2.60. The normalized spacial score (nSPS) is 11.2. The summed E-state index contributed by atoms with van der Waals surface area (Å²) in [6, 6.07) is 8.77. The molecule has 0 spiro atoms. The minimum Gasteiger partial charge on any atom is -0.507 e. The van der Waals surface area contributed by atoms with Crippen LogP contribution in [0.1, 0.15) is 12.5 Å². The van der Waals surface area contributed by atoms with Gasteiger partial charge in [-0.05, 0) is 37.3 Å². The molecule has 0 fully saturated rings. The predicted molar refractivity (Wildman–Crippen MR) is 80.3 cm³/mol. The summed E-state index contributed by atoms with van der Waals surface area (Å²) in [6.07, 6.45) is 0. The van der Waals surface area contributed by atoms with Crippen molar-refractivity contribution in [3.8, 4) is 11.5 Å². The van der Waals surface area contributed by atoms with E-state index in [0.29, 0.717) is 0 Å². The van der Waals surface area contributed by atoms with Gasteiger partial charge in [0, 0.05) is 11.6 Å². The Hall–Kier alpha value is -2.96. The number of nitrogens with zero attached hydrogens (tertiary/aromatic N) is 1. The molecule has 0 saturated heterocycles. The highest BCUT2D eigenvalue weighted by atomic mass is 19.1. The minimum absolute atomic E-state index is 0.155. The first-order valence-corrected chi connectivity index (χ1v) is 6.66. The number of phenolic OH excluding ortho intramolecular Hbond substituents is 1. The molecule has 2 aromatic rings. The largest absolute Gasteiger partial charge is 0.507 e. The van der Waals surface area contributed by atoms with Crippen LogP contribution in [-0.4, -0.2) is 23.3 Å². The van der Waals surface area contributed by atoms with Gasteiger partial charge in [-0.1, -0.05) is 6.07 Å². The number of aromatic hydroxyl groups is 1. The van der Waals surface area contributed by atoms with E-state index in [1.807, 2.05) is 0 Å². The SMILES string of the molecule is C/C(=N\NC(=O)COc1cccc(F)c1)c1cc(F)ccc1O. The van der Waals surface area contributed by atoms with Gasteiger partial charge in [0.1, 0.15) is 23.1 Å². The van der Waals surface area contributed by atoms with E-state index in [2.05, 4.69) is 10.5 Å². The first-order chi connectivity index (χ1) is 11.0. The second-order valence-corrected chi connectivity index (χ2v) is 4.64. The maximum atomic E-state index is 13.1. The molecule has 2 aromatic carbocycles. The van der Waals surface area contributed by atoms with Gasteiger partial charge in [0.25, 0.3) is 5.91 Å². The first kappa shape index (κ1) is 16.4. The topological polar surface area (TPSA) is 70.9 Å². The average Bonchev–Trinajstić information content (AvgIpc) is 2.53. The van der Waals surface area contributed by atoms with Crippen LogP contribution < -0.4 is 10.2 Å². The Labute approximate surface area is 131 Å². The molecular weight excluding hydrogens is 306 g/mol. The Balaban J connectivity index is 1.93. The molecule has 2 N–H and O–H groups in total. The fraction of sp³-hybridized carbons (Fsp3) is 0.125. The number of carbonyl (C=O) groups is 1. The smallest absolute Gasteiger partial charge is 0.277 e. The van der Waals surface area contributed by atoms with E-state index in [4.69, 9.17) is 4.74 Å². The van der Waals surface area contributed by atoms with Crippen LogP contribution in [0.2, 0.25) is 0 Å². The second kappa shape index (κ2) is 7.35. The van der Waals surface area contributed by atoms with Gasteiger partial charge in [-0.3, -0.25) is 4.79 Å². The summed E-state index contributed by atoms with van der Waals surface area (Å²) in [6.45, 7) is 1.14. The Kier molecular flexibility index (Phi) is 5.24. The van der Waals surface area contributed by atoms with Gasteiger partial charge < -0.3 is 9.84 Å². The van der Waals surface area contributed by atoms with Crippen LogP contribution in [0.3, 0.4) is 0 Å². The molecule has 0 aliphatic heterocycles. The molecule has 2 rings (SSSR count). The third kappa shape index (κ3) is 4.77. The van der Waals surface area contributed by atoms with Gasteiger partial charge in [-0.2, -0.15) is 5.10 Å². The Morgan fingerprint density at radius 3 is 2.70 bits per heavy atom. The van der Waals surface area contributed by atoms with E-state index in [1.165, 1.54) is 31.2 Å². The first-order valence-electron chi connectivity index (χ1n) is 6.66. The Morgan fingerprint density at radius 2 is 1.96 bits per heavy atom. The van der Waals surface area contributed by atoms with Gasteiger partial charge in [0.05, 0.1) is 5.71 Å². The lowest BCUT2D eigenvalue weighted by Crippen LogP contribution is -2.25. The number of benzene rings is 2. The molecule has 0 aromatic heterocycles. The molecule has 0 unspecified atom stereocenters. The predicted octanol–water partition coefficient (Wildman–Crippen LogP) is 2.59. The number of amides is 1. The summed E-state index contributed by atoms with van der Waals surface area (Å²) in [5, 5.41) is 13.4. The lowest BCUT2D eigenvalue weighted by atomic mass is 10.1. The number of carbonyl (C=O) groups excluding carboxylic acids is 1. The van der Waals surface area contributed by atoms with E-state index < -0.39 is 17.5 Å². The highest BCUT2D eigenvalue weighted by Gasteiger charge is 2.08. The minimum atomic E-state index is -0.579. The number of hydrogen-bond acceptors (Lipinski definition) is 4. The van der Waals surface area contributed by atoms with Crippen LogP contribution in [0.4, 0.5) is 8.78 Å². The zero-order chi connectivity index (χ0) is 16.8. The number of rotatable bonds is 5. The fourth-order valence-corrected chi connectivity index (χ4v) is 1.74. The molecule has 0 bridgehead atoms. The van der Waals surface area contributed by atoms with Gasteiger partial charge >= 0.3 is 0 Å². The number of halogens is 2. The lowest BCUT2D eigenvalue weighted by Gasteiger charge is -2.07. The monoisotopic (exact) mass is 320 g/mol. The van der Waals surface area contributed by atoms with Crippen molar-refractivity contribution < 1.29 is 23.4 Å². The Morgan fingerprint density at radius 1 is 1.22 bits per heavy atom. The van der Waals surface area contributed by atoms with Crippen molar-refractivity contribution in [3.05, 3.63) is 59.7 Å². The van der Waals surface area contributed by atoms with E-state index in [1.54, 1.807) is 0 Å². The van der Waals surface area contributed by atoms with Crippen molar-refractivity contribution in [1.82, 2.24) is 5.43 Å². The standard InChI is InChI=1S/C16H14F2N2O3/c1-10(14-8-12(18)5-6-15(14)21)19-20-16(22)9-23-13-4-2-3-11(17)7-13/h2-8,21H,9H2,1H3,(H,20,22)/b19-10+. The average molecular weight is 320 g/mol. The van der Waals surface area contributed by atoms with Crippen molar-refractivity contribution in [1.29, 1.82) is 0 Å². The van der Waals surface area contributed by atoms with E-state index >= 15 is 0 Å². The quantitative estimate of drug-likeness (QED) is 0.657. The molecule has 0 saturated carbocycles. The third-order valence-electron chi connectivity index (χ3n) is 2.86. The summed E-state index contributed by atoms with van der Waals surface area (Å²) in [7, 11) is 0. The van der Waals surface area contributed by atoms with Crippen LogP contribution in [0.15, 0.2) is 47.6 Å². The molecule has 7 heteroatoms. The van der Waals surface area contributed by atoms with Gasteiger partial charge in [-0.25, -0.2) is 14.2 Å². The molecule has 5 nitrogen and oxygen atoms in total. The van der Waals surface area contributed by atoms with E-state index in [-0.39, 0.29) is 29.4 Å². The molecule has 0 heterocycles. The molecule has 0 atom stereocenters. The van der Waals surface area contributed by atoms with Gasteiger partial charge in [0.15, 0.2) is 6.61 Å².